The summed E-state index contributed by atoms with van der Waals surface area (Å²) < 4.78 is 12.0. The largest absolute Gasteiger partial charge is 0.494 e. The Kier molecular flexibility index (Phi) is 8.73. The number of piperidine rings is 2. The minimum absolute atomic E-state index is 0.217. The van der Waals surface area contributed by atoms with Crippen molar-refractivity contribution in [2.24, 2.45) is 0 Å². The molecule has 2 aromatic rings. The van der Waals surface area contributed by atoms with Gasteiger partial charge in [-0.2, -0.15) is 0 Å². The Balaban J connectivity index is 1.39. The van der Waals surface area contributed by atoms with E-state index < -0.39 is 0 Å². The van der Waals surface area contributed by atoms with Crippen LogP contribution >= 0.6 is 0 Å². The Morgan fingerprint density at radius 2 is 1.12 bits per heavy atom. The van der Waals surface area contributed by atoms with E-state index in [4.69, 9.17) is 9.47 Å². The van der Waals surface area contributed by atoms with E-state index in [0.29, 0.717) is 13.2 Å². The van der Waals surface area contributed by atoms with Crippen molar-refractivity contribution in [2.75, 3.05) is 13.2 Å². The second-order valence-corrected chi connectivity index (χ2v) is 9.86. The van der Waals surface area contributed by atoms with Crippen molar-refractivity contribution in [3.05, 3.63) is 60.7 Å². The lowest BCUT2D eigenvalue weighted by molar-refractivity contribution is 0.0374. The average Bonchev–Trinajstić information content (AvgIpc) is 2.85. The standard InChI is InChI=1S/C29H40N2O3/c1-23-11-9-13-25(19-21-33-27-15-5-3-6-16-27)30(23)29(32)31-24(2)12-10-14-26(31)20-22-34-28-17-7-4-8-18-28/h3-8,15-18,23-26H,9-14,19-22H2,1-2H3. The van der Waals surface area contributed by atoms with E-state index in [1.54, 1.807) is 0 Å². The molecular weight excluding hydrogens is 424 g/mol. The van der Waals surface area contributed by atoms with Gasteiger partial charge in [0.15, 0.2) is 0 Å². The molecule has 184 valence electrons. The van der Waals surface area contributed by atoms with Crippen LogP contribution in [-0.4, -0.2) is 53.2 Å². The molecule has 5 nitrogen and oxygen atoms in total. The van der Waals surface area contributed by atoms with Gasteiger partial charge in [-0.1, -0.05) is 36.4 Å². The zero-order chi connectivity index (χ0) is 23.8. The van der Waals surface area contributed by atoms with Crippen LogP contribution < -0.4 is 9.47 Å². The van der Waals surface area contributed by atoms with Crippen LogP contribution in [0.4, 0.5) is 4.79 Å². The summed E-state index contributed by atoms with van der Waals surface area (Å²) in [5, 5.41) is 0. The number of rotatable bonds is 8. The first kappa shape index (κ1) is 24.4. The summed E-state index contributed by atoms with van der Waals surface area (Å²) in [5.41, 5.74) is 0. The van der Waals surface area contributed by atoms with Gasteiger partial charge < -0.3 is 19.3 Å². The van der Waals surface area contributed by atoms with Crippen molar-refractivity contribution in [1.82, 2.24) is 9.80 Å². The third-order valence-corrected chi connectivity index (χ3v) is 7.42. The summed E-state index contributed by atoms with van der Waals surface area (Å²) in [6.07, 6.45) is 8.34. The van der Waals surface area contributed by atoms with E-state index in [0.717, 1.165) is 50.0 Å². The molecule has 2 amide bonds. The predicted molar refractivity (Wildman–Crippen MR) is 136 cm³/mol. The fourth-order valence-electron chi connectivity index (χ4n) is 5.62. The Hall–Kier alpha value is -2.69. The van der Waals surface area contributed by atoms with Gasteiger partial charge >= 0.3 is 6.03 Å². The number of benzene rings is 2. The molecule has 2 fully saturated rings. The molecule has 0 N–H and O–H groups in total. The van der Waals surface area contributed by atoms with E-state index in [1.807, 2.05) is 60.7 Å². The predicted octanol–water partition coefficient (Wildman–Crippen LogP) is 6.53. The first-order chi connectivity index (χ1) is 16.6. The number of para-hydroxylation sites is 2. The van der Waals surface area contributed by atoms with Crippen LogP contribution in [0.25, 0.3) is 0 Å². The van der Waals surface area contributed by atoms with Crippen molar-refractivity contribution in [2.45, 2.75) is 89.4 Å². The second kappa shape index (κ2) is 12.1. The van der Waals surface area contributed by atoms with Crippen LogP contribution in [-0.2, 0) is 0 Å². The lowest BCUT2D eigenvalue weighted by Crippen LogP contribution is -2.59. The molecule has 2 heterocycles. The highest BCUT2D eigenvalue weighted by molar-refractivity contribution is 5.76. The van der Waals surface area contributed by atoms with Gasteiger partial charge in [0.1, 0.15) is 11.5 Å². The third-order valence-electron chi connectivity index (χ3n) is 7.42. The van der Waals surface area contributed by atoms with Crippen molar-refractivity contribution in [1.29, 1.82) is 0 Å². The summed E-state index contributed by atoms with van der Waals surface area (Å²) >= 11 is 0. The average molecular weight is 465 g/mol. The molecule has 5 heteroatoms. The van der Waals surface area contributed by atoms with Crippen LogP contribution in [0.5, 0.6) is 11.5 Å². The highest BCUT2D eigenvalue weighted by Crippen LogP contribution is 2.32. The molecule has 4 unspecified atom stereocenters. The molecule has 0 saturated carbocycles. The summed E-state index contributed by atoms with van der Waals surface area (Å²) in [6, 6.07) is 21.1. The van der Waals surface area contributed by atoms with E-state index in [9.17, 15) is 4.79 Å². The maximum atomic E-state index is 14.0. The molecule has 2 aromatic carbocycles. The number of urea groups is 1. The molecule has 4 atom stereocenters. The van der Waals surface area contributed by atoms with Gasteiger partial charge in [-0.15, -0.1) is 0 Å². The fraction of sp³-hybridized carbons (Fsp3) is 0.552. The molecule has 0 spiro atoms. The van der Waals surface area contributed by atoms with Crippen LogP contribution in [0.2, 0.25) is 0 Å². The van der Waals surface area contributed by atoms with Gasteiger partial charge in [0.2, 0.25) is 0 Å². The summed E-state index contributed by atoms with van der Waals surface area (Å²) in [5.74, 6) is 1.79. The fourth-order valence-corrected chi connectivity index (χ4v) is 5.62. The molecule has 4 rings (SSSR count). The number of likely N-dealkylation sites (tertiary alicyclic amines) is 2. The lowest BCUT2D eigenvalue weighted by atomic mass is 9.92. The van der Waals surface area contributed by atoms with Gasteiger partial charge in [0.05, 0.1) is 13.2 Å². The molecule has 2 aliphatic rings. The first-order valence-corrected chi connectivity index (χ1v) is 13.1. The maximum Gasteiger partial charge on any atom is 0.320 e. The van der Waals surface area contributed by atoms with Crippen molar-refractivity contribution >= 4 is 6.03 Å². The number of hydrogen-bond donors (Lipinski definition) is 0. The summed E-state index contributed by atoms with van der Waals surface area (Å²) in [6.45, 7) is 5.69. The zero-order valence-electron chi connectivity index (χ0n) is 20.8. The first-order valence-electron chi connectivity index (χ1n) is 13.1. The molecule has 0 aliphatic carbocycles. The number of hydrogen-bond acceptors (Lipinski definition) is 3. The van der Waals surface area contributed by atoms with E-state index in [2.05, 4.69) is 23.6 Å². The van der Waals surface area contributed by atoms with Crippen LogP contribution in [0.15, 0.2) is 60.7 Å². The smallest absolute Gasteiger partial charge is 0.320 e. The normalized spacial score (nSPS) is 25.1. The highest BCUT2D eigenvalue weighted by Gasteiger charge is 2.39. The summed E-state index contributed by atoms with van der Waals surface area (Å²) in [4.78, 5) is 18.4. The van der Waals surface area contributed by atoms with E-state index in [-0.39, 0.29) is 30.2 Å². The molecular formula is C29H40N2O3. The van der Waals surface area contributed by atoms with Crippen molar-refractivity contribution in [3.63, 3.8) is 0 Å². The third kappa shape index (κ3) is 6.25. The van der Waals surface area contributed by atoms with Crippen LogP contribution in [0.1, 0.15) is 65.2 Å². The lowest BCUT2D eigenvalue weighted by Gasteiger charge is -2.48. The van der Waals surface area contributed by atoms with Crippen molar-refractivity contribution in [3.8, 4) is 11.5 Å². The highest BCUT2D eigenvalue weighted by atomic mass is 16.5. The van der Waals surface area contributed by atoms with Gasteiger partial charge in [0.25, 0.3) is 0 Å². The molecule has 2 aliphatic heterocycles. The number of nitrogens with zero attached hydrogens (tertiary/aromatic N) is 2. The van der Waals surface area contributed by atoms with Gasteiger partial charge in [0, 0.05) is 37.0 Å². The monoisotopic (exact) mass is 464 g/mol. The van der Waals surface area contributed by atoms with Crippen LogP contribution in [0, 0.1) is 0 Å². The number of ether oxygens (including phenoxy) is 2. The Morgan fingerprint density at radius 3 is 1.53 bits per heavy atom. The molecule has 0 radical (unpaired) electrons. The van der Waals surface area contributed by atoms with Gasteiger partial charge in [-0.25, -0.2) is 4.79 Å². The molecule has 2 saturated heterocycles. The van der Waals surface area contributed by atoms with Gasteiger partial charge in [-0.05, 0) is 76.6 Å². The zero-order valence-corrected chi connectivity index (χ0v) is 20.8. The molecule has 0 bridgehead atoms. The number of carbonyl (C=O) groups is 1. The topological polar surface area (TPSA) is 42.0 Å². The Morgan fingerprint density at radius 1 is 0.706 bits per heavy atom. The van der Waals surface area contributed by atoms with Crippen LogP contribution in [0.3, 0.4) is 0 Å². The number of amides is 2. The maximum absolute atomic E-state index is 14.0. The molecule has 0 aromatic heterocycles. The van der Waals surface area contributed by atoms with E-state index >= 15 is 0 Å². The molecule has 34 heavy (non-hydrogen) atoms. The minimum atomic E-state index is 0.217. The SMILES string of the molecule is CC1CCCC(CCOc2ccccc2)N1C(=O)N1C(C)CCCC1CCOc1ccccc1. The minimum Gasteiger partial charge on any atom is -0.494 e. The van der Waals surface area contributed by atoms with E-state index in [1.165, 1.54) is 12.8 Å². The Labute approximate surface area is 205 Å². The Bertz CT molecular complexity index is 804. The summed E-state index contributed by atoms with van der Waals surface area (Å²) in [7, 11) is 0. The van der Waals surface area contributed by atoms with Crippen molar-refractivity contribution < 1.29 is 14.3 Å². The number of carbonyl (C=O) groups excluding carboxylic acids is 1. The van der Waals surface area contributed by atoms with Gasteiger partial charge in [-0.3, -0.25) is 0 Å². The quantitative estimate of drug-likeness (QED) is 0.446. The second-order valence-electron chi connectivity index (χ2n) is 9.86.